The molecule has 1 fully saturated rings. The lowest BCUT2D eigenvalue weighted by Crippen LogP contribution is -2.49. The summed E-state index contributed by atoms with van der Waals surface area (Å²) in [5, 5.41) is 10.0. The fraction of sp³-hybridized carbons (Fsp3) is 0.500. The molecule has 2 rings (SSSR count). The maximum atomic E-state index is 10.0. The number of nitrogens with zero attached hydrogens (tertiary/aromatic N) is 1. The summed E-state index contributed by atoms with van der Waals surface area (Å²) in [6.07, 6.45) is 0.532. The molecule has 1 heterocycles. The van der Waals surface area contributed by atoms with Gasteiger partial charge in [0.1, 0.15) is 4.99 Å². The van der Waals surface area contributed by atoms with Gasteiger partial charge in [0.25, 0.3) is 0 Å². The van der Waals surface area contributed by atoms with Crippen molar-refractivity contribution in [3.63, 3.8) is 0 Å². The largest absolute Gasteiger partial charge is 0.392 e. The van der Waals surface area contributed by atoms with Crippen LogP contribution < -0.4 is 10.6 Å². The van der Waals surface area contributed by atoms with Crippen molar-refractivity contribution in [2.24, 2.45) is 11.1 Å². The lowest BCUT2D eigenvalue weighted by atomic mass is 9.81. The van der Waals surface area contributed by atoms with Crippen molar-refractivity contribution < 1.29 is 5.11 Å². The van der Waals surface area contributed by atoms with Gasteiger partial charge < -0.3 is 15.7 Å². The Kier molecular flexibility index (Phi) is 3.59. The average Bonchev–Trinajstić information content (AvgIpc) is 2.32. The van der Waals surface area contributed by atoms with Crippen LogP contribution in [-0.4, -0.2) is 29.3 Å². The number of benzene rings is 1. The first-order valence-electron chi connectivity index (χ1n) is 6.23. The van der Waals surface area contributed by atoms with Gasteiger partial charge in [-0.1, -0.05) is 38.2 Å². The van der Waals surface area contributed by atoms with Gasteiger partial charge in [-0.3, -0.25) is 0 Å². The Morgan fingerprint density at radius 1 is 1.44 bits per heavy atom. The van der Waals surface area contributed by atoms with E-state index in [2.05, 4.69) is 18.7 Å². The molecule has 18 heavy (non-hydrogen) atoms. The topological polar surface area (TPSA) is 49.5 Å². The molecule has 1 aliphatic heterocycles. The number of hydrogen-bond acceptors (Lipinski definition) is 3. The van der Waals surface area contributed by atoms with Crippen LogP contribution >= 0.6 is 12.2 Å². The zero-order valence-corrected chi connectivity index (χ0v) is 11.7. The summed E-state index contributed by atoms with van der Waals surface area (Å²) in [4.78, 5) is 2.69. The monoisotopic (exact) mass is 264 g/mol. The first kappa shape index (κ1) is 13.3. The average molecular weight is 264 g/mol. The van der Waals surface area contributed by atoms with Crippen LogP contribution in [0.15, 0.2) is 24.3 Å². The highest BCUT2D eigenvalue weighted by atomic mass is 32.1. The number of anilines is 1. The van der Waals surface area contributed by atoms with Crippen molar-refractivity contribution in [2.45, 2.75) is 26.4 Å². The third-order valence-electron chi connectivity index (χ3n) is 3.68. The van der Waals surface area contributed by atoms with Crippen LogP contribution in [0.4, 0.5) is 5.69 Å². The van der Waals surface area contributed by atoms with E-state index in [1.165, 1.54) is 0 Å². The highest BCUT2D eigenvalue weighted by Gasteiger charge is 2.35. The van der Waals surface area contributed by atoms with Crippen LogP contribution in [-0.2, 0) is 0 Å². The maximum Gasteiger partial charge on any atom is 0.106 e. The lowest BCUT2D eigenvalue weighted by Gasteiger charge is -2.43. The molecule has 1 aromatic carbocycles. The molecule has 0 aromatic heterocycles. The van der Waals surface area contributed by atoms with Crippen LogP contribution in [0.3, 0.4) is 0 Å². The number of aliphatic hydroxyl groups excluding tert-OH is 1. The minimum absolute atomic E-state index is 0.110. The summed E-state index contributed by atoms with van der Waals surface area (Å²) < 4.78 is 0. The van der Waals surface area contributed by atoms with Crippen LogP contribution in [0.5, 0.6) is 0 Å². The quantitative estimate of drug-likeness (QED) is 0.801. The summed E-state index contributed by atoms with van der Waals surface area (Å²) in [7, 11) is 0. The van der Waals surface area contributed by atoms with E-state index in [0.29, 0.717) is 4.99 Å². The Hall–Kier alpha value is -1.13. The molecule has 3 N–H and O–H groups in total. The van der Waals surface area contributed by atoms with Crippen molar-refractivity contribution in [3.8, 4) is 0 Å². The SMILES string of the molecule is CC1(C)CN(c2ccccc2C(N)=S)CCC1O. The van der Waals surface area contributed by atoms with Gasteiger partial charge in [0, 0.05) is 29.8 Å². The molecule has 0 amide bonds. The van der Waals surface area contributed by atoms with Crippen molar-refractivity contribution in [3.05, 3.63) is 29.8 Å². The molecule has 0 saturated carbocycles. The third-order valence-corrected chi connectivity index (χ3v) is 3.90. The van der Waals surface area contributed by atoms with Crippen molar-refractivity contribution in [1.82, 2.24) is 0 Å². The normalized spacial score (nSPS) is 22.8. The Labute approximate surface area is 114 Å². The zero-order valence-electron chi connectivity index (χ0n) is 10.9. The Morgan fingerprint density at radius 2 is 2.11 bits per heavy atom. The summed E-state index contributed by atoms with van der Waals surface area (Å²) in [6, 6.07) is 7.94. The van der Waals surface area contributed by atoms with Crippen LogP contribution in [0, 0.1) is 5.41 Å². The van der Waals surface area contributed by atoms with Gasteiger partial charge >= 0.3 is 0 Å². The third kappa shape index (κ3) is 2.49. The van der Waals surface area contributed by atoms with E-state index in [4.69, 9.17) is 18.0 Å². The van der Waals surface area contributed by atoms with Gasteiger partial charge in [-0.25, -0.2) is 0 Å². The molecule has 0 radical (unpaired) electrons. The van der Waals surface area contributed by atoms with Gasteiger partial charge in [-0.15, -0.1) is 0 Å². The fourth-order valence-electron chi connectivity index (χ4n) is 2.51. The summed E-state index contributed by atoms with van der Waals surface area (Å²) >= 11 is 5.10. The summed E-state index contributed by atoms with van der Waals surface area (Å²) in [5.41, 5.74) is 7.65. The molecule has 98 valence electrons. The van der Waals surface area contributed by atoms with Crippen molar-refractivity contribution in [1.29, 1.82) is 0 Å². The van der Waals surface area contributed by atoms with Crippen molar-refractivity contribution in [2.75, 3.05) is 18.0 Å². The Balaban J connectivity index is 2.30. The van der Waals surface area contributed by atoms with Crippen LogP contribution in [0.2, 0.25) is 0 Å². The zero-order chi connectivity index (χ0) is 13.3. The number of para-hydroxylation sites is 1. The van der Waals surface area contributed by atoms with E-state index >= 15 is 0 Å². The van der Waals surface area contributed by atoms with Crippen LogP contribution in [0.1, 0.15) is 25.8 Å². The maximum absolute atomic E-state index is 10.0. The minimum atomic E-state index is -0.245. The molecule has 0 spiro atoms. The molecule has 0 bridgehead atoms. The Bertz CT molecular complexity index is 459. The van der Waals surface area contributed by atoms with E-state index in [9.17, 15) is 5.11 Å². The second kappa shape index (κ2) is 4.86. The molecular weight excluding hydrogens is 244 g/mol. The number of rotatable bonds is 2. The van der Waals surface area contributed by atoms with Gasteiger partial charge in [-0.05, 0) is 18.6 Å². The molecule has 1 saturated heterocycles. The molecule has 1 aliphatic rings. The second-order valence-electron chi connectivity index (χ2n) is 5.60. The highest BCUT2D eigenvalue weighted by molar-refractivity contribution is 7.80. The standard InChI is InChI=1S/C14H20N2OS/c1-14(2)9-16(8-7-12(14)17)11-6-4-3-5-10(11)13(15)18/h3-6,12,17H,7-9H2,1-2H3,(H2,15,18). The molecule has 1 aromatic rings. The van der Waals surface area contributed by atoms with E-state index in [0.717, 1.165) is 30.8 Å². The number of thiocarbonyl (C=S) groups is 1. The Morgan fingerprint density at radius 3 is 2.72 bits per heavy atom. The number of aliphatic hydroxyl groups is 1. The fourth-order valence-corrected chi connectivity index (χ4v) is 2.68. The van der Waals surface area contributed by atoms with Gasteiger partial charge in [-0.2, -0.15) is 0 Å². The molecule has 4 heteroatoms. The summed E-state index contributed by atoms with van der Waals surface area (Å²) in [5.74, 6) is 0. The minimum Gasteiger partial charge on any atom is -0.392 e. The predicted octanol–water partition coefficient (Wildman–Crippen LogP) is 1.92. The van der Waals surface area contributed by atoms with Gasteiger partial charge in [0.05, 0.1) is 6.10 Å². The smallest absolute Gasteiger partial charge is 0.106 e. The van der Waals surface area contributed by atoms with Crippen LogP contribution in [0.25, 0.3) is 0 Å². The molecule has 1 unspecified atom stereocenters. The lowest BCUT2D eigenvalue weighted by molar-refractivity contribution is 0.0336. The summed E-state index contributed by atoms with van der Waals surface area (Å²) in [6.45, 7) is 5.83. The van der Waals surface area contributed by atoms with Gasteiger partial charge in [0.2, 0.25) is 0 Å². The number of nitrogens with two attached hydrogens (primary N) is 1. The molecule has 0 aliphatic carbocycles. The first-order chi connectivity index (χ1) is 8.42. The van der Waals surface area contributed by atoms with E-state index in [1.807, 2.05) is 24.3 Å². The molecule has 3 nitrogen and oxygen atoms in total. The van der Waals surface area contributed by atoms with Crippen molar-refractivity contribution >= 4 is 22.9 Å². The number of piperidine rings is 1. The first-order valence-corrected chi connectivity index (χ1v) is 6.64. The molecular formula is C14H20N2OS. The van der Waals surface area contributed by atoms with Gasteiger partial charge in [0.15, 0.2) is 0 Å². The predicted molar refractivity (Wildman–Crippen MR) is 78.9 cm³/mol. The highest BCUT2D eigenvalue weighted by Crippen LogP contribution is 2.33. The van der Waals surface area contributed by atoms with E-state index < -0.39 is 0 Å². The van der Waals surface area contributed by atoms with E-state index in [-0.39, 0.29) is 11.5 Å². The van der Waals surface area contributed by atoms with E-state index in [1.54, 1.807) is 0 Å². The second-order valence-corrected chi connectivity index (χ2v) is 6.04. The number of hydrogen-bond donors (Lipinski definition) is 2. The molecule has 1 atom stereocenters.